The number of rotatable bonds is 5. The fourth-order valence-corrected chi connectivity index (χ4v) is 2.47. The highest BCUT2D eigenvalue weighted by molar-refractivity contribution is 5.91. The minimum Gasteiger partial charge on any atom is -0.484 e. The Hall–Kier alpha value is -2.56. The van der Waals surface area contributed by atoms with Crippen molar-refractivity contribution in [3.05, 3.63) is 48.7 Å². The summed E-state index contributed by atoms with van der Waals surface area (Å²) < 4.78 is 5.40. The van der Waals surface area contributed by atoms with E-state index in [9.17, 15) is 4.79 Å². The van der Waals surface area contributed by atoms with Gasteiger partial charge in [0.2, 0.25) is 0 Å². The molecule has 1 fully saturated rings. The number of aromatic nitrogens is 1. The molecule has 0 saturated carbocycles. The second kappa shape index (κ2) is 6.93. The summed E-state index contributed by atoms with van der Waals surface area (Å²) in [5.74, 6) is 1.00. The summed E-state index contributed by atoms with van der Waals surface area (Å²) in [4.78, 5) is 18.4. The first-order valence-electron chi connectivity index (χ1n) is 7.50. The Morgan fingerprint density at radius 1 is 1.14 bits per heavy atom. The summed E-state index contributed by atoms with van der Waals surface area (Å²) in [7, 11) is 0. The molecule has 2 aromatic rings. The van der Waals surface area contributed by atoms with Gasteiger partial charge in [-0.05, 0) is 37.1 Å². The maximum atomic E-state index is 11.8. The van der Waals surface area contributed by atoms with Crippen LogP contribution in [0, 0.1) is 0 Å². The number of para-hydroxylation sites is 1. The molecular weight excluding hydrogens is 278 g/mol. The average Bonchev–Trinajstić information content (AvgIpc) is 3.09. The standard InChI is InChI=1S/C17H19N3O2/c21-17(13-22-15-6-2-1-3-7-15)19-16-9-8-14(12-18-16)20-10-4-5-11-20/h1-3,6-9,12H,4-5,10-11,13H2,(H,18,19,21). The van der Waals surface area contributed by atoms with Crippen molar-refractivity contribution in [3.63, 3.8) is 0 Å². The summed E-state index contributed by atoms with van der Waals surface area (Å²) in [6.45, 7) is 2.14. The predicted octanol–water partition coefficient (Wildman–Crippen LogP) is 2.70. The van der Waals surface area contributed by atoms with Gasteiger partial charge in [0.15, 0.2) is 6.61 Å². The predicted molar refractivity (Wildman–Crippen MR) is 86.3 cm³/mol. The average molecular weight is 297 g/mol. The molecule has 22 heavy (non-hydrogen) atoms. The van der Waals surface area contributed by atoms with E-state index in [0.29, 0.717) is 11.6 Å². The van der Waals surface area contributed by atoms with Gasteiger partial charge in [0.25, 0.3) is 5.91 Å². The number of nitrogens with zero attached hydrogens (tertiary/aromatic N) is 2. The van der Waals surface area contributed by atoms with Crippen molar-refractivity contribution >= 4 is 17.4 Å². The molecule has 5 nitrogen and oxygen atoms in total. The van der Waals surface area contributed by atoms with Gasteiger partial charge in [-0.2, -0.15) is 0 Å². The minimum atomic E-state index is -0.217. The Labute approximate surface area is 129 Å². The SMILES string of the molecule is O=C(COc1ccccc1)Nc1ccc(N2CCCC2)cn1. The van der Waals surface area contributed by atoms with Gasteiger partial charge in [0.1, 0.15) is 11.6 Å². The maximum absolute atomic E-state index is 11.8. The van der Waals surface area contributed by atoms with Gasteiger partial charge in [-0.25, -0.2) is 4.98 Å². The molecular formula is C17H19N3O2. The Balaban J connectivity index is 1.50. The van der Waals surface area contributed by atoms with E-state index in [2.05, 4.69) is 15.2 Å². The molecule has 0 unspecified atom stereocenters. The summed E-state index contributed by atoms with van der Waals surface area (Å²) in [5, 5.41) is 2.74. The quantitative estimate of drug-likeness (QED) is 0.922. The van der Waals surface area contributed by atoms with Gasteiger partial charge >= 0.3 is 0 Å². The number of ether oxygens (including phenoxy) is 1. The highest BCUT2D eigenvalue weighted by atomic mass is 16.5. The van der Waals surface area contributed by atoms with E-state index in [-0.39, 0.29) is 12.5 Å². The molecule has 0 spiro atoms. The van der Waals surface area contributed by atoms with Crippen LogP contribution in [0.5, 0.6) is 5.75 Å². The van der Waals surface area contributed by atoms with E-state index >= 15 is 0 Å². The van der Waals surface area contributed by atoms with Crippen LogP contribution in [0.1, 0.15) is 12.8 Å². The lowest BCUT2D eigenvalue weighted by Crippen LogP contribution is -2.21. The monoisotopic (exact) mass is 297 g/mol. The second-order valence-electron chi connectivity index (χ2n) is 5.25. The highest BCUT2D eigenvalue weighted by Crippen LogP contribution is 2.20. The zero-order valence-corrected chi connectivity index (χ0v) is 12.4. The third-order valence-electron chi connectivity index (χ3n) is 3.60. The van der Waals surface area contributed by atoms with Crippen molar-refractivity contribution in [2.45, 2.75) is 12.8 Å². The number of anilines is 2. The third kappa shape index (κ3) is 3.75. The molecule has 2 heterocycles. The Morgan fingerprint density at radius 2 is 1.91 bits per heavy atom. The van der Waals surface area contributed by atoms with Gasteiger partial charge < -0.3 is 15.0 Å². The molecule has 0 aliphatic carbocycles. The summed E-state index contributed by atoms with van der Waals surface area (Å²) >= 11 is 0. The van der Waals surface area contributed by atoms with Crippen molar-refractivity contribution in [3.8, 4) is 5.75 Å². The molecule has 1 amide bonds. The topological polar surface area (TPSA) is 54.5 Å². The number of hydrogen-bond acceptors (Lipinski definition) is 4. The number of amides is 1. The second-order valence-corrected chi connectivity index (χ2v) is 5.25. The minimum absolute atomic E-state index is 0.0282. The Kier molecular flexibility index (Phi) is 4.53. The van der Waals surface area contributed by atoms with Crippen molar-refractivity contribution in [1.82, 2.24) is 4.98 Å². The van der Waals surface area contributed by atoms with E-state index in [1.165, 1.54) is 12.8 Å². The van der Waals surface area contributed by atoms with Gasteiger partial charge in [-0.1, -0.05) is 18.2 Å². The highest BCUT2D eigenvalue weighted by Gasteiger charge is 2.12. The Bertz CT molecular complexity index is 608. The fraction of sp³-hybridized carbons (Fsp3) is 0.294. The number of pyridine rings is 1. The first-order valence-corrected chi connectivity index (χ1v) is 7.50. The van der Waals surface area contributed by atoms with Crippen molar-refractivity contribution in [1.29, 1.82) is 0 Å². The zero-order valence-electron chi connectivity index (χ0n) is 12.4. The lowest BCUT2D eigenvalue weighted by Gasteiger charge is -2.17. The van der Waals surface area contributed by atoms with E-state index in [1.54, 1.807) is 6.20 Å². The number of nitrogens with one attached hydrogen (secondary N) is 1. The molecule has 1 saturated heterocycles. The molecule has 0 bridgehead atoms. The summed E-state index contributed by atoms with van der Waals surface area (Å²) in [6, 6.07) is 13.1. The van der Waals surface area contributed by atoms with Crippen LogP contribution in [0.4, 0.5) is 11.5 Å². The maximum Gasteiger partial charge on any atom is 0.263 e. The molecule has 1 aromatic carbocycles. The summed E-state index contributed by atoms with van der Waals surface area (Å²) in [6.07, 6.45) is 4.27. The summed E-state index contributed by atoms with van der Waals surface area (Å²) in [5.41, 5.74) is 1.11. The molecule has 1 aliphatic rings. The van der Waals surface area contributed by atoms with Gasteiger partial charge in [-0.3, -0.25) is 4.79 Å². The zero-order chi connectivity index (χ0) is 15.2. The van der Waals surface area contributed by atoms with Gasteiger partial charge in [0.05, 0.1) is 11.9 Å². The van der Waals surface area contributed by atoms with Crippen LogP contribution < -0.4 is 15.0 Å². The number of carbonyl (C=O) groups excluding carboxylic acids is 1. The van der Waals surface area contributed by atoms with Crippen LogP contribution in [0.3, 0.4) is 0 Å². The lowest BCUT2D eigenvalue weighted by atomic mass is 10.3. The smallest absolute Gasteiger partial charge is 0.263 e. The normalized spacial score (nSPS) is 13.9. The van der Waals surface area contributed by atoms with Gasteiger partial charge in [-0.15, -0.1) is 0 Å². The van der Waals surface area contributed by atoms with Crippen molar-refractivity contribution < 1.29 is 9.53 Å². The van der Waals surface area contributed by atoms with Crippen LogP contribution in [0.15, 0.2) is 48.7 Å². The van der Waals surface area contributed by atoms with Crippen LogP contribution in [0.25, 0.3) is 0 Å². The number of carbonyl (C=O) groups is 1. The molecule has 0 atom stereocenters. The molecule has 114 valence electrons. The molecule has 1 N–H and O–H groups in total. The van der Waals surface area contributed by atoms with Gasteiger partial charge in [0, 0.05) is 13.1 Å². The Morgan fingerprint density at radius 3 is 2.59 bits per heavy atom. The lowest BCUT2D eigenvalue weighted by molar-refractivity contribution is -0.118. The van der Waals surface area contributed by atoms with Crippen LogP contribution in [-0.4, -0.2) is 30.6 Å². The molecule has 0 radical (unpaired) electrons. The van der Waals surface area contributed by atoms with Crippen molar-refractivity contribution in [2.75, 3.05) is 29.9 Å². The van der Waals surface area contributed by atoms with Crippen LogP contribution in [-0.2, 0) is 4.79 Å². The first kappa shape index (κ1) is 14.4. The van der Waals surface area contributed by atoms with Crippen LogP contribution >= 0.6 is 0 Å². The van der Waals surface area contributed by atoms with E-state index in [1.807, 2.05) is 42.5 Å². The van der Waals surface area contributed by atoms with Crippen LogP contribution in [0.2, 0.25) is 0 Å². The van der Waals surface area contributed by atoms with E-state index in [4.69, 9.17) is 4.74 Å². The number of hydrogen-bond donors (Lipinski definition) is 1. The molecule has 1 aromatic heterocycles. The molecule has 3 rings (SSSR count). The molecule has 5 heteroatoms. The number of benzene rings is 1. The van der Waals surface area contributed by atoms with Crippen molar-refractivity contribution in [2.24, 2.45) is 0 Å². The molecule has 1 aliphatic heterocycles. The first-order chi connectivity index (χ1) is 10.8. The van der Waals surface area contributed by atoms with E-state index < -0.39 is 0 Å². The van der Waals surface area contributed by atoms with E-state index in [0.717, 1.165) is 18.8 Å². The third-order valence-corrected chi connectivity index (χ3v) is 3.60. The largest absolute Gasteiger partial charge is 0.484 e. The fourth-order valence-electron chi connectivity index (χ4n) is 2.47.